The van der Waals surface area contributed by atoms with E-state index in [0.29, 0.717) is 17.2 Å². The average Bonchev–Trinajstić information content (AvgIpc) is 2.53. The van der Waals surface area contributed by atoms with Crippen LogP contribution in [0.4, 0.5) is 0 Å². The first kappa shape index (κ1) is 17.6. The van der Waals surface area contributed by atoms with E-state index in [1.54, 1.807) is 6.92 Å². The standard InChI is InChI=1S/C16H15BrN2O3S/c1-2-22-15(21)9-23-16-13(8-18)12(7-14(20)19-16)10-3-5-11(17)6-4-10/h3-6,12H,2,7,9H2,1H3,(H,19,20)/t12-/m0/s1. The molecule has 1 aliphatic rings. The van der Waals surface area contributed by atoms with Crippen LogP contribution in [0.3, 0.4) is 0 Å². The molecule has 1 heterocycles. The molecule has 120 valence electrons. The molecule has 0 fully saturated rings. The number of rotatable bonds is 5. The number of allylic oxidation sites excluding steroid dienone is 1. The Morgan fingerprint density at radius 2 is 2.17 bits per heavy atom. The smallest absolute Gasteiger partial charge is 0.316 e. The summed E-state index contributed by atoms with van der Waals surface area (Å²) in [6.07, 6.45) is 0.216. The van der Waals surface area contributed by atoms with Gasteiger partial charge >= 0.3 is 5.97 Å². The van der Waals surface area contributed by atoms with E-state index in [1.807, 2.05) is 24.3 Å². The fourth-order valence-electron chi connectivity index (χ4n) is 2.25. The number of carbonyl (C=O) groups excluding carboxylic acids is 2. The zero-order chi connectivity index (χ0) is 16.8. The van der Waals surface area contributed by atoms with Gasteiger partial charge in [-0.05, 0) is 24.6 Å². The van der Waals surface area contributed by atoms with Gasteiger partial charge in [0.1, 0.15) is 0 Å². The molecule has 23 heavy (non-hydrogen) atoms. The first-order chi connectivity index (χ1) is 11.0. The van der Waals surface area contributed by atoms with E-state index in [0.717, 1.165) is 21.8 Å². The van der Waals surface area contributed by atoms with Gasteiger partial charge in [-0.3, -0.25) is 9.59 Å². The maximum absolute atomic E-state index is 12.0. The van der Waals surface area contributed by atoms with Crippen LogP contribution in [0.2, 0.25) is 0 Å². The minimum atomic E-state index is -0.373. The molecular formula is C16H15BrN2O3S. The lowest BCUT2D eigenvalue weighted by Gasteiger charge is -2.25. The van der Waals surface area contributed by atoms with Gasteiger partial charge in [-0.25, -0.2) is 0 Å². The maximum Gasteiger partial charge on any atom is 0.316 e. The molecule has 2 rings (SSSR count). The number of amides is 1. The molecule has 1 N–H and O–H groups in total. The van der Waals surface area contributed by atoms with Crippen LogP contribution in [0.1, 0.15) is 24.8 Å². The predicted octanol–water partition coefficient (Wildman–Crippen LogP) is 3.08. The molecule has 5 nitrogen and oxygen atoms in total. The molecule has 0 saturated heterocycles. The van der Waals surface area contributed by atoms with Crippen LogP contribution in [0, 0.1) is 11.3 Å². The van der Waals surface area contributed by atoms with Crippen LogP contribution >= 0.6 is 27.7 Å². The number of nitrogens with one attached hydrogen (secondary N) is 1. The summed E-state index contributed by atoms with van der Waals surface area (Å²) in [6.45, 7) is 2.03. The Morgan fingerprint density at radius 1 is 1.48 bits per heavy atom. The second-order valence-electron chi connectivity index (χ2n) is 4.80. The molecule has 0 aromatic heterocycles. The normalized spacial score (nSPS) is 17.4. The van der Waals surface area contributed by atoms with Gasteiger partial charge < -0.3 is 10.1 Å². The monoisotopic (exact) mass is 394 g/mol. The van der Waals surface area contributed by atoms with E-state index in [2.05, 4.69) is 27.3 Å². The largest absolute Gasteiger partial charge is 0.465 e. The van der Waals surface area contributed by atoms with E-state index in [1.165, 1.54) is 0 Å². The van der Waals surface area contributed by atoms with Crippen molar-refractivity contribution < 1.29 is 14.3 Å². The zero-order valence-corrected chi connectivity index (χ0v) is 14.9. The number of nitriles is 1. The summed E-state index contributed by atoms with van der Waals surface area (Å²) >= 11 is 4.49. The summed E-state index contributed by atoms with van der Waals surface area (Å²) in [5.74, 6) is -0.779. The number of hydrogen-bond acceptors (Lipinski definition) is 5. The van der Waals surface area contributed by atoms with Gasteiger partial charge in [-0.2, -0.15) is 5.26 Å². The van der Waals surface area contributed by atoms with Gasteiger partial charge in [0.2, 0.25) is 5.91 Å². The molecule has 1 aliphatic heterocycles. The fourth-order valence-corrected chi connectivity index (χ4v) is 3.39. The molecule has 0 bridgehead atoms. The topological polar surface area (TPSA) is 79.2 Å². The van der Waals surface area contributed by atoms with Gasteiger partial charge in [-0.1, -0.05) is 39.8 Å². The van der Waals surface area contributed by atoms with E-state index < -0.39 is 0 Å². The van der Waals surface area contributed by atoms with Crippen molar-refractivity contribution in [3.8, 4) is 6.07 Å². The minimum Gasteiger partial charge on any atom is -0.465 e. The quantitative estimate of drug-likeness (QED) is 0.776. The van der Waals surface area contributed by atoms with Crippen molar-refractivity contribution >= 4 is 39.6 Å². The highest BCUT2D eigenvalue weighted by Crippen LogP contribution is 2.36. The van der Waals surface area contributed by atoms with E-state index in [-0.39, 0.29) is 30.0 Å². The van der Waals surface area contributed by atoms with Crippen LogP contribution in [-0.2, 0) is 14.3 Å². The predicted molar refractivity (Wildman–Crippen MR) is 91.4 cm³/mol. The molecule has 1 amide bonds. The van der Waals surface area contributed by atoms with Crippen molar-refractivity contribution in [2.45, 2.75) is 19.3 Å². The van der Waals surface area contributed by atoms with Gasteiger partial charge in [-0.15, -0.1) is 0 Å². The number of carbonyl (C=O) groups is 2. The molecule has 1 aromatic carbocycles. The lowest BCUT2D eigenvalue weighted by atomic mass is 9.87. The number of esters is 1. The van der Waals surface area contributed by atoms with Crippen molar-refractivity contribution in [1.82, 2.24) is 5.32 Å². The highest BCUT2D eigenvalue weighted by atomic mass is 79.9. The molecule has 0 unspecified atom stereocenters. The van der Waals surface area contributed by atoms with Crippen molar-refractivity contribution in [2.75, 3.05) is 12.4 Å². The third-order valence-electron chi connectivity index (χ3n) is 3.27. The Kier molecular flexibility index (Phi) is 6.25. The zero-order valence-electron chi connectivity index (χ0n) is 12.5. The molecule has 7 heteroatoms. The number of hydrogen-bond donors (Lipinski definition) is 1. The van der Waals surface area contributed by atoms with E-state index >= 15 is 0 Å². The van der Waals surface area contributed by atoms with Gasteiger partial charge in [0.25, 0.3) is 0 Å². The third kappa shape index (κ3) is 4.60. The Labute approximate surface area is 147 Å². The van der Waals surface area contributed by atoms with Gasteiger partial charge in [0, 0.05) is 16.8 Å². The second kappa shape index (κ2) is 8.18. The second-order valence-corrected chi connectivity index (χ2v) is 6.71. The lowest BCUT2D eigenvalue weighted by molar-refractivity contribution is -0.139. The first-order valence-corrected chi connectivity index (χ1v) is 8.81. The minimum absolute atomic E-state index is 0.0572. The number of benzene rings is 1. The van der Waals surface area contributed by atoms with E-state index in [4.69, 9.17) is 4.74 Å². The molecule has 0 saturated carbocycles. The Hall–Kier alpha value is -1.78. The summed E-state index contributed by atoms with van der Waals surface area (Å²) in [5, 5.41) is 12.6. The lowest BCUT2D eigenvalue weighted by Crippen LogP contribution is -2.31. The summed E-state index contributed by atoms with van der Waals surface area (Å²) in [4.78, 5) is 23.4. The molecule has 0 spiro atoms. The first-order valence-electron chi connectivity index (χ1n) is 7.03. The highest BCUT2D eigenvalue weighted by Gasteiger charge is 2.29. The maximum atomic E-state index is 12.0. The summed E-state index contributed by atoms with van der Waals surface area (Å²) in [5.41, 5.74) is 1.37. The molecular weight excluding hydrogens is 380 g/mol. The number of halogens is 1. The Bertz CT molecular complexity index is 680. The average molecular weight is 395 g/mol. The Morgan fingerprint density at radius 3 is 2.78 bits per heavy atom. The molecule has 0 radical (unpaired) electrons. The summed E-state index contributed by atoms with van der Waals surface area (Å²) < 4.78 is 5.80. The van der Waals surface area contributed by atoms with E-state index in [9.17, 15) is 14.9 Å². The highest BCUT2D eigenvalue weighted by molar-refractivity contribution is 9.10. The van der Waals surface area contributed by atoms with Crippen LogP contribution in [0.5, 0.6) is 0 Å². The van der Waals surface area contributed by atoms with Crippen LogP contribution in [0.25, 0.3) is 0 Å². The summed E-state index contributed by atoms with van der Waals surface area (Å²) in [7, 11) is 0. The third-order valence-corrected chi connectivity index (χ3v) is 4.79. The van der Waals surface area contributed by atoms with Crippen LogP contribution in [0.15, 0.2) is 39.3 Å². The van der Waals surface area contributed by atoms with Crippen molar-refractivity contribution in [3.63, 3.8) is 0 Å². The van der Waals surface area contributed by atoms with Crippen LogP contribution in [-0.4, -0.2) is 24.2 Å². The number of nitrogens with zero attached hydrogens (tertiary/aromatic N) is 1. The van der Waals surface area contributed by atoms with Gasteiger partial charge in [0.15, 0.2) is 0 Å². The summed E-state index contributed by atoms with van der Waals surface area (Å²) in [6, 6.07) is 9.70. The Balaban J connectivity index is 2.26. The molecule has 1 atom stereocenters. The van der Waals surface area contributed by atoms with Crippen molar-refractivity contribution in [2.24, 2.45) is 0 Å². The SMILES string of the molecule is CCOC(=O)CSC1=C(C#N)[C@H](c2ccc(Br)cc2)CC(=O)N1. The molecule has 1 aromatic rings. The van der Waals surface area contributed by atoms with Gasteiger partial charge in [0.05, 0.1) is 29.0 Å². The van der Waals surface area contributed by atoms with Crippen molar-refractivity contribution in [3.05, 3.63) is 44.9 Å². The molecule has 0 aliphatic carbocycles. The number of thioether (sulfide) groups is 1. The number of ether oxygens (including phenoxy) is 1. The fraction of sp³-hybridized carbons (Fsp3) is 0.312. The van der Waals surface area contributed by atoms with Crippen LogP contribution < -0.4 is 5.32 Å². The van der Waals surface area contributed by atoms with Crippen molar-refractivity contribution in [1.29, 1.82) is 5.26 Å².